The first-order valence-electron chi connectivity index (χ1n) is 9.87. The van der Waals surface area contributed by atoms with Crippen LogP contribution in [0.1, 0.15) is 42.9 Å². The molecule has 0 radical (unpaired) electrons. The van der Waals surface area contributed by atoms with Crippen LogP contribution in [0.2, 0.25) is 0 Å². The average molecular weight is 373 g/mol. The molecule has 5 rings (SSSR count). The van der Waals surface area contributed by atoms with Gasteiger partial charge in [-0.15, -0.1) is 5.10 Å². The van der Waals surface area contributed by atoms with Crippen LogP contribution in [-0.2, 0) is 6.54 Å². The summed E-state index contributed by atoms with van der Waals surface area (Å²) in [5.41, 5.74) is 4.57. The fourth-order valence-electron chi connectivity index (χ4n) is 4.15. The van der Waals surface area contributed by atoms with Crippen LogP contribution in [0, 0.1) is 0 Å². The third-order valence-corrected chi connectivity index (χ3v) is 5.80. The smallest absolute Gasteiger partial charge is 0.221 e. The van der Waals surface area contributed by atoms with Crippen molar-refractivity contribution in [3.8, 4) is 0 Å². The number of nitrogens with one attached hydrogen (secondary N) is 1. The van der Waals surface area contributed by atoms with Crippen LogP contribution in [0.4, 0.5) is 0 Å². The van der Waals surface area contributed by atoms with E-state index in [0.29, 0.717) is 24.2 Å². The molecule has 4 aromatic rings. The van der Waals surface area contributed by atoms with Crippen molar-refractivity contribution in [2.24, 2.45) is 0 Å². The van der Waals surface area contributed by atoms with Crippen molar-refractivity contribution in [2.45, 2.75) is 44.2 Å². The van der Waals surface area contributed by atoms with E-state index in [0.717, 1.165) is 40.6 Å². The summed E-state index contributed by atoms with van der Waals surface area (Å²) in [6.45, 7) is 0.617. The van der Waals surface area contributed by atoms with Crippen molar-refractivity contribution in [1.82, 2.24) is 35.3 Å². The molecule has 7 nitrogen and oxygen atoms in total. The number of nitrogens with zero attached hydrogens (tertiary/aromatic N) is 6. The van der Waals surface area contributed by atoms with Crippen LogP contribution < -0.4 is 5.32 Å². The van der Waals surface area contributed by atoms with Crippen molar-refractivity contribution < 1.29 is 0 Å². The van der Waals surface area contributed by atoms with Gasteiger partial charge in [-0.05, 0) is 56.5 Å². The molecule has 0 aliphatic heterocycles. The molecule has 1 fully saturated rings. The van der Waals surface area contributed by atoms with Gasteiger partial charge >= 0.3 is 0 Å². The molecule has 0 spiro atoms. The third-order valence-electron chi connectivity index (χ3n) is 5.80. The summed E-state index contributed by atoms with van der Waals surface area (Å²) in [4.78, 5) is 13.8. The van der Waals surface area contributed by atoms with Crippen LogP contribution in [0.5, 0.6) is 0 Å². The normalized spacial score (nSPS) is 20.0. The standard InChI is InChI=1S/C21H23N7/c1-22-17-7-5-15(6-8-17)19-12-24-20-21(25-19)28(27-26-20)13-14-4-9-18-16(11-14)3-2-10-23-18/h2-4,9-12,15,17,22H,5-8,13H2,1H3. The fourth-order valence-corrected chi connectivity index (χ4v) is 4.15. The highest BCUT2D eigenvalue weighted by atomic mass is 15.4. The van der Waals surface area contributed by atoms with Gasteiger partial charge in [0, 0.05) is 23.5 Å². The maximum atomic E-state index is 4.91. The largest absolute Gasteiger partial charge is 0.317 e. The van der Waals surface area contributed by atoms with Gasteiger partial charge in [-0.1, -0.05) is 17.3 Å². The lowest BCUT2D eigenvalue weighted by molar-refractivity contribution is 0.355. The Morgan fingerprint density at radius 3 is 2.86 bits per heavy atom. The predicted octanol–water partition coefficient (Wildman–Crippen LogP) is 3.06. The van der Waals surface area contributed by atoms with Crippen LogP contribution in [0.25, 0.3) is 22.2 Å². The Morgan fingerprint density at radius 1 is 1.11 bits per heavy atom. The van der Waals surface area contributed by atoms with Gasteiger partial charge in [-0.2, -0.15) is 0 Å². The Hall–Kier alpha value is -2.93. The highest BCUT2D eigenvalue weighted by Crippen LogP contribution is 2.32. The summed E-state index contributed by atoms with van der Waals surface area (Å²) in [6.07, 6.45) is 8.35. The van der Waals surface area contributed by atoms with E-state index in [1.54, 1.807) is 0 Å². The van der Waals surface area contributed by atoms with Crippen molar-refractivity contribution in [3.63, 3.8) is 0 Å². The van der Waals surface area contributed by atoms with Crippen molar-refractivity contribution >= 4 is 22.2 Å². The molecule has 0 bridgehead atoms. The average Bonchev–Trinajstić information content (AvgIpc) is 3.16. The molecule has 1 N–H and O–H groups in total. The van der Waals surface area contributed by atoms with Crippen molar-refractivity contribution in [3.05, 3.63) is 54.0 Å². The Balaban J connectivity index is 1.43. The van der Waals surface area contributed by atoms with E-state index < -0.39 is 0 Å². The van der Waals surface area contributed by atoms with Gasteiger partial charge in [-0.3, -0.25) is 4.98 Å². The molecule has 0 atom stereocenters. The first-order valence-corrected chi connectivity index (χ1v) is 9.87. The van der Waals surface area contributed by atoms with E-state index in [2.05, 4.69) is 43.8 Å². The van der Waals surface area contributed by atoms with Crippen LogP contribution >= 0.6 is 0 Å². The van der Waals surface area contributed by atoms with Gasteiger partial charge in [0.25, 0.3) is 0 Å². The summed E-state index contributed by atoms with van der Waals surface area (Å²) in [5.74, 6) is 0.469. The minimum atomic E-state index is 0.469. The van der Waals surface area contributed by atoms with E-state index in [1.165, 1.54) is 12.8 Å². The zero-order chi connectivity index (χ0) is 18.9. The number of pyridine rings is 1. The van der Waals surface area contributed by atoms with Crippen molar-refractivity contribution in [1.29, 1.82) is 0 Å². The molecule has 1 saturated carbocycles. The molecular weight excluding hydrogens is 350 g/mol. The molecule has 0 amide bonds. The second kappa shape index (κ2) is 7.24. The molecule has 1 aliphatic carbocycles. The quantitative estimate of drug-likeness (QED) is 0.592. The van der Waals surface area contributed by atoms with E-state index in [1.807, 2.05) is 36.3 Å². The maximum absolute atomic E-state index is 4.91. The number of benzene rings is 1. The lowest BCUT2D eigenvalue weighted by atomic mass is 9.84. The molecular formula is C21H23N7. The minimum Gasteiger partial charge on any atom is -0.317 e. The summed E-state index contributed by atoms with van der Waals surface area (Å²) in [5, 5.41) is 13.0. The highest BCUT2D eigenvalue weighted by Gasteiger charge is 2.23. The zero-order valence-corrected chi connectivity index (χ0v) is 15.9. The van der Waals surface area contributed by atoms with Crippen molar-refractivity contribution in [2.75, 3.05) is 7.05 Å². The number of hydrogen-bond donors (Lipinski definition) is 1. The number of hydrogen-bond acceptors (Lipinski definition) is 6. The highest BCUT2D eigenvalue weighted by molar-refractivity contribution is 5.79. The first kappa shape index (κ1) is 17.2. The van der Waals surface area contributed by atoms with E-state index >= 15 is 0 Å². The monoisotopic (exact) mass is 373 g/mol. The summed E-state index contributed by atoms with van der Waals surface area (Å²) < 4.78 is 1.85. The second-order valence-corrected chi connectivity index (χ2v) is 7.56. The molecule has 7 heteroatoms. The van der Waals surface area contributed by atoms with Gasteiger partial charge in [0.1, 0.15) is 0 Å². The lowest BCUT2D eigenvalue weighted by Crippen LogP contribution is -2.29. The van der Waals surface area contributed by atoms with Gasteiger partial charge < -0.3 is 5.32 Å². The molecule has 0 saturated heterocycles. The lowest BCUT2D eigenvalue weighted by Gasteiger charge is -2.27. The second-order valence-electron chi connectivity index (χ2n) is 7.56. The van der Waals surface area contributed by atoms with Gasteiger partial charge in [0.05, 0.1) is 24.0 Å². The number of rotatable bonds is 4. The Bertz CT molecular complexity index is 1110. The SMILES string of the molecule is CNC1CCC(c2cnc3nnn(Cc4ccc5ncccc5c4)c3n2)CC1. The topological polar surface area (TPSA) is 81.4 Å². The Labute approximate surface area is 163 Å². The molecule has 1 aromatic carbocycles. The zero-order valence-electron chi connectivity index (χ0n) is 15.9. The van der Waals surface area contributed by atoms with E-state index in [4.69, 9.17) is 4.98 Å². The van der Waals surface area contributed by atoms with E-state index in [9.17, 15) is 0 Å². The molecule has 3 aromatic heterocycles. The summed E-state index contributed by atoms with van der Waals surface area (Å²) in [7, 11) is 2.05. The molecule has 1 aliphatic rings. The number of fused-ring (bicyclic) bond motifs is 2. The molecule has 3 heterocycles. The van der Waals surface area contributed by atoms with Crippen LogP contribution in [0.3, 0.4) is 0 Å². The van der Waals surface area contributed by atoms with E-state index in [-0.39, 0.29) is 0 Å². The summed E-state index contributed by atoms with van der Waals surface area (Å²) >= 11 is 0. The van der Waals surface area contributed by atoms with Gasteiger partial charge in [0.15, 0.2) is 5.65 Å². The summed E-state index contributed by atoms with van der Waals surface area (Å²) in [6, 6.07) is 10.9. The molecule has 0 unspecified atom stereocenters. The Kier molecular flexibility index (Phi) is 4.44. The van der Waals surface area contributed by atoms with Crippen LogP contribution in [0.15, 0.2) is 42.7 Å². The van der Waals surface area contributed by atoms with Gasteiger partial charge in [-0.25, -0.2) is 14.6 Å². The fraction of sp³-hybridized carbons (Fsp3) is 0.381. The first-order chi connectivity index (χ1) is 13.8. The van der Waals surface area contributed by atoms with Crippen LogP contribution in [-0.4, -0.2) is 43.0 Å². The molecule has 28 heavy (non-hydrogen) atoms. The maximum Gasteiger partial charge on any atom is 0.221 e. The molecule has 142 valence electrons. The number of aromatic nitrogens is 6. The third kappa shape index (κ3) is 3.22. The minimum absolute atomic E-state index is 0.469. The van der Waals surface area contributed by atoms with Gasteiger partial charge in [0.2, 0.25) is 5.65 Å². The predicted molar refractivity (Wildman–Crippen MR) is 108 cm³/mol. The Morgan fingerprint density at radius 2 is 2.00 bits per heavy atom.